The summed E-state index contributed by atoms with van der Waals surface area (Å²) in [5.74, 6) is -4.23. The maximum atomic E-state index is 13.1. The third kappa shape index (κ3) is 3.90. The Kier molecular flexibility index (Phi) is 5.45. The van der Waals surface area contributed by atoms with Crippen molar-refractivity contribution in [3.05, 3.63) is 29.8 Å². The van der Waals surface area contributed by atoms with E-state index in [0.717, 1.165) is 0 Å². The number of carbonyl (C=O) groups is 3. The predicted octanol–water partition coefficient (Wildman–Crippen LogP) is 0.172. The highest BCUT2D eigenvalue weighted by Crippen LogP contribution is 2.29. The number of urea groups is 1. The van der Waals surface area contributed by atoms with E-state index in [4.69, 9.17) is 10.5 Å². The molecule has 1 unspecified atom stereocenters. The molecule has 1 aromatic rings. The maximum Gasteiger partial charge on any atom is 0.325 e. The predicted molar refractivity (Wildman–Crippen MR) is 87.6 cm³/mol. The number of ether oxygens (including phenoxy) is 1. The number of halogens is 2. The average molecular weight is 370 g/mol. The lowest BCUT2D eigenvalue weighted by Gasteiger charge is -2.22. The Morgan fingerprint density at radius 1 is 1.35 bits per heavy atom. The summed E-state index contributed by atoms with van der Waals surface area (Å²) >= 11 is 0. The van der Waals surface area contributed by atoms with E-state index < -0.39 is 48.9 Å². The Morgan fingerprint density at radius 3 is 2.50 bits per heavy atom. The van der Waals surface area contributed by atoms with Gasteiger partial charge in [0.15, 0.2) is 0 Å². The van der Waals surface area contributed by atoms with Crippen LogP contribution in [0.3, 0.4) is 0 Å². The highest BCUT2D eigenvalue weighted by Gasteiger charge is 2.49. The van der Waals surface area contributed by atoms with Crippen molar-refractivity contribution >= 4 is 17.8 Å². The lowest BCUT2D eigenvalue weighted by atomic mass is 9.92. The Hall–Kier alpha value is -2.75. The fraction of sp³-hybridized carbons (Fsp3) is 0.438. The molecule has 1 aliphatic heterocycles. The highest BCUT2D eigenvalue weighted by atomic mass is 19.3. The van der Waals surface area contributed by atoms with Gasteiger partial charge in [0, 0.05) is 0 Å². The molecule has 1 aliphatic rings. The van der Waals surface area contributed by atoms with Crippen molar-refractivity contribution in [1.82, 2.24) is 15.5 Å². The molecule has 1 saturated heterocycles. The van der Waals surface area contributed by atoms with Crippen molar-refractivity contribution in [3.63, 3.8) is 0 Å². The molecule has 0 saturated carbocycles. The molecule has 10 heteroatoms. The number of benzene rings is 1. The molecule has 142 valence electrons. The third-order valence-corrected chi connectivity index (χ3v) is 4.09. The molecule has 0 radical (unpaired) electrons. The number of hydrogen-bond donors (Lipinski definition) is 3. The molecule has 26 heavy (non-hydrogen) atoms. The summed E-state index contributed by atoms with van der Waals surface area (Å²) in [6, 6.07) is 5.70. The van der Waals surface area contributed by atoms with Crippen LogP contribution in [0.4, 0.5) is 13.6 Å². The molecule has 0 bridgehead atoms. The monoisotopic (exact) mass is 370 g/mol. The van der Waals surface area contributed by atoms with Gasteiger partial charge in [-0.3, -0.25) is 14.5 Å². The minimum absolute atomic E-state index is 0.495. The van der Waals surface area contributed by atoms with E-state index in [1.54, 1.807) is 24.3 Å². The van der Waals surface area contributed by atoms with Crippen LogP contribution >= 0.6 is 0 Å². The number of amides is 4. The summed E-state index contributed by atoms with van der Waals surface area (Å²) in [4.78, 5) is 37.2. The Labute approximate surface area is 148 Å². The molecule has 1 fully saturated rings. The van der Waals surface area contributed by atoms with Gasteiger partial charge in [0.2, 0.25) is 5.91 Å². The minimum Gasteiger partial charge on any atom is -0.497 e. The molecule has 0 spiro atoms. The second kappa shape index (κ2) is 7.24. The van der Waals surface area contributed by atoms with Crippen LogP contribution < -0.4 is 21.1 Å². The lowest BCUT2D eigenvalue weighted by molar-refractivity contribution is -0.135. The molecular weight excluding hydrogens is 350 g/mol. The SMILES string of the molecule is COc1ccc(C2(C)NC(=O)N(CC(=O)NCC(F)(F)CN)C2=O)cc1. The number of rotatable bonds is 7. The van der Waals surface area contributed by atoms with E-state index in [0.29, 0.717) is 16.2 Å². The van der Waals surface area contributed by atoms with Crippen molar-refractivity contribution in [1.29, 1.82) is 0 Å². The van der Waals surface area contributed by atoms with Crippen LogP contribution in [-0.4, -0.2) is 55.4 Å². The van der Waals surface area contributed by atoms with Crippen LogP contribution in [0.2, 0.25) is 0 Å². The summed E-state index contributed by atoms with van der Waals surface area (Å²) in [5.41, 5.74) is 4.01. The number of carbonyl (C=O) groups excluding carboxylic acids is 3. The van der Waals surface area contributed by atoms with Gasteiger partial charge in [0.05, 0.1) is 20.2 Å². The topological polar surface area (TPSA) is 114 Å². The fourth-order valence-electron chi connectivity index (χ4n) is 2.46. The van der Waals surface area contributed by atoms with Gasteiger partial charge in [0.25, 0.3) is 11.8 Å². The minimum atomic E-state index is -3.26. The molecule has 1 atom stereocenters. The number of hydrogen-bond acceptors (Lipinski definition) is 5. The quantitative estimate of drug-likeness (QED) is 0.592. The number of methoxy groups -OCH3 is 1. The van der Waals surface area contributed by atoms with Gasteiger partial charge in [-0.1, -0.05) is 12.1 Å². The first-order valence-electron chi connectivity index (χ1n) is 7.76. The van der Waals surface area contributed by atoms with Gasteiger partial charge < -0.3 is 21.1 Å². The number of nitrogens with one attached hydrogen (secondary N) is 2. The average Bonchev–Trinajstić information content (AvgIpc) is 2.84. The maximum absolute atomic E-state index is 13.1. The van der Waals surface area contributed by atoms with Crippen LogP contribution in [0.15, 0.2) is 24.3 Å². The van der Waals surface area contributed by atoms with Crippen LogP contribution in [0, 0.1) is 0 Å². The molecule has 0 aliphatic carbocycles. The van der Waals surface area contributed by atoms with Gasteiger partial charge in [0.1, 0.15) is 17.8 Å². The summed E-state index contributed by atoms with van der Waals surface area (Å²) in [6.07, 6.45) is 0. The second-order valence-electron chi connectivity index (χ2n) is 6.01. The molecular formula is C16H20F2N4O4. The molecule has 4 amide bonds. The lowest BCUT2D eigenvalue weighted by Crippen LogP contribution is -2.47. The second-order valence-corrected chi connectivity index (χ2v) is 6.01. The van der Waals surface area contributed by atoms with Gasteiger partial charge in [-0.2, -0.15) is 0 Å². The van der Waals surface area contributed by atoms with E-state index in [1.807, 2.05) is 5.32 Å². The molecule has 4 N–H and O–H groups in total. The van der Waals surface area contributed by atoms with Crippen molar-refractivity contribution in [2.75, 3.05) is 26.7 Å². The van der Waals surface area contributed by atoms with E-state index >= 15 is 0 Å². The summed E-state index contributed by atoms with van der Waals surface area (Å²) < 4.78 is 31.2. The van der Waals surface area contributed by atoms with Crippen molar-refractivity contribution in [3.8, 4) is 5.75 Å². The van der Waals surface area contributed by atoms with E-state index in [1.165, 1.54) is 14.0 Å². The van der Waals surface area contributed by atoms with E-state index in [2.05, 4.69) is 5.32 Å². The van der Waals surface area contributed by atoms with Crippen LogP contribution in [0.1, 0.15) is 12.5 Å². The number of alkyl halides is 2. The zero-order chi connectivity index (χ0) is 19.5. The Bertz CT molecular complexity index is 711. The first kappa shape index (κ1) is 19.6. The van der Waals surface area contributed by atoms with Gasteiger partial charge in [-0.15, -0.1) is 0 Å². The van der Waals surface area contributed by atoms with Crippen LogP contribution in [0.25, 0.3) is 0 Å². The summed E-state index contributed by atoms with van der Waals surface area (Å²) in [7, 11) is 1.49. The first-order chi connectivity index (χ1) is 12.1. The van der Waals surface area contributed by atoms with Gasteiger partial charge >= 0.3 is 6.03 Å². The summed E-state index contributed by atoms with van der Waals surface area (Å²) in [6.45, 7) is -1.07. The Morgan fingerprint density at radius 2 is 1.96 bits per heavy atom. The fourth-order valence-corrected chi connectivity index (χ4v) is 2.46. The van der Waals surface area contributed by atoms with E-state index in [-0.39, 0.29) is 0 Å². The third-order valence-electron chi connectivity index (χ3n) is 4.09. The standard InChI is InChI=1S/C16H20F2N4O4/c1-15(10-3-5-11(26-2)6-4-10)13(24)22(14(25)21-15)7-12(23)20-9-16(17,18)8-19/h3-6H,7-9,19H2,1-2H3,(H,20,23)(H,21,25). The van der Waals surface area contributed by atoms with Crippen LogP contribution in [-0.2, 0) is 15.1 Å². The molecule has 2 rings (SSSR count). The number of nitrogens with two attached hydrogens (primary N) is 1. The van der Waals surface area contributed by atoms with Gasteiger partial charge in [-0.25, -0.2) is 13.6 Å². The molecule has 8 nitrogen and oxygen atoms in total. The zero-order valence-electron chi connectivity index (χ0n) is 14.3. The number of imide groups is 1. The summed E-state index contributed by atoms with van der Waals surface area (Å²) in [5, 5.41) is 4.49. The largest absolute Gasteiger partial charge is 0.497 e. The molecule has 0 aromatic heterocycles. The number of nitrogens with zero attached hydrogens (tertiary/aromatic N) is 1. The molecule has 1 aromatic carbocycles. The van der Waals surface area contributed by atoms with Crippen LogP contribution in [0.5, 0.6) is 5.75 Å². The smallest absolute Gasteiger partial charge is 0.325 e. The van der Waals surface area contributed by atoms with Crippen molar-refractivity contribution in [2.24, 2.45) is 5.73 Å². The van der Waals surface area contributed by atoms with E-state index in [9.17, 15) is 23.2 Å². The first-order valence-corrected chi connectivity index (χ1v) is 7.76. The highest BCUT2D eigenvalue weighted by molar-refractivity contribution is 6.09. The zero-order valence-corrected chi connectivity index (χ0v) is 14.3. The van der Waals surface area contributed by atoms with Gasteiger partial charge in [-0.05, 0) is 24.6 Å². The Balaban J connectivity index is 2.08. The van der Waals surface area contributed by atoms with Crippen molar-refractivity contribution < 1.29 is 27.9 Å². The normalized spacial score (nSPS) is 20.1. The molecule has 1 heterocycles. The van der Waals surface area contributed by atoms with Crippen molar-refractivity contribution in [2.45, 2.75) is 18.4 Å².